The first-order valence-corrected chi connectivity index (χ1v) is 8.03. The van der Waals surface area contributed by atoms with Crippen molar-refractivity contribution in [1.82, 2.24) is 20.9 Å². The van der Waals surface area contributed by atoms with Crippen molar-refractivity contribution in [1.29, 1.82) is 5.26 Å². The van der Waals surface area contributed by atoms with Gasteiger partial charge < -0.3 is 26.1 Å². The fraction of sp³-hybridized carbons (Fsp3) is 0.286. The van der Waals surface area contributed by atoms with Gasteiger partial charge in [-0.15, -0.1) is 16.3 Å². The predicted molar refractivity (Wildman–Crippen MR) is 94.0 cm³/mol. The van der Waals surface area contributed by atoms with E-state index >= 15 is 0 Å². The molecule has 0 atom stereocenters. The number of thiazole rings is 1. The number of guanidine groups is 1. The Morgan fingerprint density at radius 2 is 2.42 bits per heavy atom. The van der Waals surface area contributed by atoms with E-state index in [4.69, 9.17) is 15.4 Å². The zero-order valence-corrected chi connectivity index (χ0v) is 13.9. The summed E-state index contributed by atoms with van der Waals surface area (Å²) >= 11 is 1.42. The average molecular weight is 346 g/mol. The zero-order chi connectivity index (χ0) is 17.2. The third kappa shape index (κ3) is 5.08. The molecule has 126 valence electrons. The molecule has 0 unspecified atom stereocenters. The zero-order valence-electron chi connectivity index (χ0n) is 13.1. The van der Waals surface area contributed by atoms with Crippen molar-refractivity contribution in [2.75, 3.05) is 20.1 Å². The number of aromatic nitrogens is 1. The Morgan fingerprint density at radius 3 is 3.17 bits per heavy atom. The van der Waals surface area contributed by atoms with Crippen LogP contribution in [0.5, 0.6) is 0 Å². The molecule has 9 nitrogen and oxygen atoms in total. The summed E-state index contributed by atoms with van der Waals surface area (Å²) in [6.45, 7) is 1.62. The first-order valence-electron chi connectivity index (χ1n) is 7.15. The van der Waals surface area contributed by atoms with Gasteiger partial charge in [0.15, 0.2) is 5.76 Å². The Labute approximate surface area is 143 Å². The molecule has 0 spiro atoms. The average Bonchev–Trinajstić information content (AvgIpc) is 3.24. The molecule has 2 heterocycles. The lowest BCUT2D eigenvalue weighted by molar-refractivity contribution is 0.513. The van der Waals surface area contributed by atoms with Crippen LogP contribution in [-0.2, 0) is 6.54 Å². The van der Waals surface area contributed by atoms with Gasteiger partial charge in [0.1, 0.15) is 11.5 Å². The smallest absolute Gasteiger partial charge is 0.211 e. The van der Waals surface area contributed by atoms with Crippen LogP contribution in [0.25, 0.3) is 11.5 Å². The molecule has 2 aromatic rings. The second-order valence-corrected chi connectivity index (χ2v) is 5.28. The summed E-state index contributed by atoms with van der Waals surface area (Å²) in [7, 11) is 1.68. The maximum atomic E-state index is 8.54. The Balaban J connectivity index is 1.96. The van der Waals surface area contributed by atoms with Crippen LogP contribution in [0.15, 0.2) is 31.9 Å². The Morgan fingerprint density at radius 1 is 1.54 bits per heavy atom. The van der Waals surface area contributed by atoms with Gasteiger partial charge in [-0.25, -0.2) is 9.98 Å². The van der Waals surface area contributed by atoms with Crippen LogP contribution in [0.1, 0.15) is 5.76 Å². The summed E-state index contributed by atoms with van der Waals surface area (Å²) in [4.78, 5) is 12.2. The molecule has 10 heteroatoms. The van der Waals surface area contributed by atoms with Crippen LogP contribution < -0.4 is 21.7 Å². The fourth-order valence-electron chi connectivity index (χ4n) is 1.70. The van der Waals surface area contributed by atoms with Crippen molar-refractivity contribution in [2.24, 2.45) is 15.7 Å². The van der Waals surface area contributed by atoms with Gasteiger partial charge in [0, 0.05) is 25.5 Å². The van der Waals surface area contributed by atoms with Crippen LogP contribution >= 0.6 is 11.3 Å². The molecule has 0 aliphatic carbocycles. The normalized spacial score (nSPS) is 11.5. The van der Waals surface area contributed by atoms with Gasteiger partial charge >= 0.3 is 0 Å². The fourth-order valence-corrected chi connectivity index (χ4v) is 2.35. The number of hydrogen-bond acceptors (Lipinski definition) is 7. The third-order valence-electron chi connectivity index (χ3n) is 2.79. The van der Waals surface area contributed by atoms with Crippen LogP contribution in [-0.4, -0.2) is 37.4 Å². The number of nitrogens with two attached hydrogens (primary N) is 1. The van der Waals surface area contributed by atoms with E-state index in [1.807, 2.05) is 17.5 Å². The van der Waals surface area contributed by atoms with E-state index in [0.717, 1.165) is 5.69 Å². The molecule has 0 fully saturated rings. The number of nitrogens with zero attached hydrogens (tertiary/aromatic N) is 4. The Kier molecular flexibility index (Phi) is 6.75. The maximum Gasteiger partial charge on any atom is 0.211 e. The van der Waals surface area contributed by atoms with Gasteiger partial charge in [-0.05, 0) is 12.1 Å². The monoisotopic (exact) mass is 346 g/mol. The molecule has 0 amide bonds. The van der Waals surface area contributed by atoms with Gasteiger partial charge in [0.05, 0.1) is 12.9 Å². The molecule has 0 saturated heterocycles. The molecular weight excluding hydrogens is 328 g/mol. The second kappa shape index (κ2) is 9.29. The Hall–Kier alpha value is -2.90. The van der Waals surface area contributed by atoms with Crippen LogP contribution in [0.3, 0.4) is 0 Å². The molecule has 0 saturated carbocycles. The van der Waals surface area contributed by atoms with E-state index in [9.17, 15) is 0 Å². The van der Waals surface area contributed by atoms with Crippen molar-refractivity contribution in [3.63, 3.8) is 0 Å². The minimum atomic E-state index is 0.380. The summed E-state index contributed by atoms with van der Waals surface area (Å²) in [5.41, 5.74) is 6.10. The van der Waals surface area contributed by atoms with Gasteiger partial charge in [-0.3, -0.25) is 0 Å². The van der Waals surface area contributed by atoms with Crippen molar-refractivity contribution in [3.8, 4) is 17.6 Å². The van der Waals surface area contributed by atoms with Crippen LogP contribution in [0.2, 0.25) is 0 Å². The number of nitriles is 1. The van der Waals surface area contributed by atoms with E-state index in [2.05, 4.69) is 30.9 Å². The molecular formula is C14H18N8OS. The summed E-state index contributed by atoms with van der Waals surface area (Å²) in [6, 6.07) is 3.68. The maximum absolute atomic E-state index is 8.54. The van der Waals surface area contributed by atoms with Crippen molar-refractivity contribution >= 4 is 28.8 Å². The summed E-state index contributed by atoms with van der Waals surface area (Å²) in [5.74, 6) is 1.74. The first-order chi connectivity index (χ1) is 11.8. The summed E-state index contributed by atoms with van der Waals surface area (Å²) in [5, 5.41) is 19.7. The number of nitrogens with one attached hydrogen (secondary N) is 3. The minimum Gasteiger partial charge on any atom is -0.458 e. The quantitative estimate of drug-likeness (QED) is 0.251. The van der Waals surface area contributed by atoms with Gasteiger partial charge in [0.2, 0.25) is 17.3 Å². The summed E-state index contributed by atoms with van der Waals surface area (Å²) in [6.07, 6.45) is 3.30. The predicted octanol–water partition coefficient (Wildman–Crippen LogP) is 0.757. The van der Waals surface area contributed by atoms with Crippen molar-refractivity contribution in [2.45, 2.75) is 6.54 Å². The molecule has 2 rings (SSSR count). The number of hydrogen-bond donors (Lipinski definition) is 4. The topological polar surface area (TPSA) is 137 Å². The van der Waals surface area contributed by atoms with Crippen molar-refractivity contribution < 1.29 is 4.42 Å². The molecule has 2 aromatic heterocycles. The lowest BCUT2D eigenvalue weighted by Gasteiger charge is -2.04. The first kappa shape index (κ1) is 17.5. The standard InChI is InChI=1S/C14H18N8OS/c1-17-13(20-8-16)19-6-10-2-3-12(23-10)11-7-24-14(22-11)21-9-18-5-4-15/h2-3,7,9H,4-6,15H2,1H3,(H2,17,19,20)(H,18,21,22). The third-order valence-corrected chi connectivity index (χ3v) is 3.54. The lowest BCUT2D eigenvalue weighted by atomic mass is 10.3. The second-order valence-electron chi connectivity index (χ2n) is 4.45. The largest absolute Gasteiger partial charge is 0.458 e. The molecule has 0 aliphatic heterocycles. The van der Waals surface area contributed by atoms with Gasteiger partial charge in [0.25, 0.3) is 0 Å². The highest BCUT2D eigenvalue weighted by Gasteiger charge is 2.09. The van der Waals surface area contributed by atoms with Crippen LogP contribution in [0, 0.1) is 11.5 Å². The van der Waals surface area contributed by atoms with Gasteiger partial charge in [-0.2, -0.15) is 5.26 Å². The van der Waals surface area contributed by atoms with Crippen molar-refractivity contribution in [3.05, 3.63) is 23.3 Å². The van der Waals surface area contributed by atoms with E-state index < -0.39 is 0 Å². The molecule has 0 aromatic carbocycles. The SMILES string of the molecule is CNC(=NC#N)NCc1ccc(-c2csc(N=CNCCN)n2)o1. The number of aliphatic imine (C=N–C) groups is 2. The van der Waals surface area contributed by atoms with E-state index in [1.54, 1.807) is 19.6 Å². The highest BCUT2D eigenvalue weighted by atomic mass is 32.1. The molecule has 5 N–H and O–H groups in total. The van der Waals surface area contributed by atoms with E-state index in [1.165, 1.54) is 11.3 Å². The molecule has 24 heavy (non-hydrogen) atoms. The van der Waals surface area contributed by atoms with E-state index in [0.29, 0.717) is 42.2 Å². The van der Waals surface area contributed by atoms with Gasteiger partial charge in [-0.1, -0.05) is 0 Å². The van der Waals surface area contributed by atoms with E-state index in [-0.39, 0.29) is 0 Å². The summed E-state index contributed by atoms with van der Waals surface area (Å²) < 4.78 is 5.73. The highest BCUT2D eigenvalue weighted by Crippen LogP contribution is 2.27. The minimum absolute atomic E-state index is 0.380. The Bertz CT molecular complexity index is 742. The molecule has 0 bridgehead atoms. The lowest BCUT2D eigenvalue weighted by Crippen LogP contribution is -2.33. The highest BCUT2D eigenvalue weighted by molar-refractivity contribution is 7.13. The van der Waals surface area contributed by atoms with Crippen LogP contribution in [0.4, 0.5) is 5.13 Å². The number of rotatable bonds is 7. The number of furan rings is 1. The molecule has 0 radical (unpaired) electrons. The molecule has 0 aliphatic rings.